The second kappa shape index (κ2) is 4.38. The van der Waals surface area contributed by atoms with Crippen molar-refractivity contribution < 1.29 is 4.79 Å². The fourth-order valence-electron chi connectivity index (χ4n) is 0.703. The number of nitrogens with one attached hydrogen (secondary N) is 1. The van der Waals surface area contributed by atoms with Crippen LogP contribution >= 0.6 is 27.3 Å². The largest absolute Gasteiger partial charge is 0.350 e. The van der Waals surface area contributed by atoms with Crippen LogP contribution in [-0.4, -0.2) is 11.7 Å². The Morgan fingerprint density at radius 2 is 2.38 bits per heavy atom. The van der Waals surface area contributed by atoms with Gasteiger partial charge >= 0.3 is 6.03 Å². The lowest BCUT2D eigenvalue weighted by atomic mass is 10.3. The van der Waals surface area contributed by atoms with Gasteiger partial charge in [0.1, 0.15) is 0 Å². The summed E-state index contributed by atoms with van der Waals surface area (Å²) in [6.45, 7) is 1.80. The quantitative estimate of drug-likeness (QED) is 0.620. The molecule has 0 saturated carbocycles. The highest BCUT2D eigenvalue weighted by molar-refractivity contribution is 9.11. The Labute approximate surface area is 88.0 Å². The van der Waals surface area contributed by atoms with E-state index in [1.54, 1.807) is 18.3 Å². The molecule has 0 spiro atoms. The summed E-state index contributed by atoms with van der Waals surface area (Å²) >= 11 is 4.87. The van der Waals surface area contributed by atoms with Crippen LogP contribution in [0.5, 0.6) is 0 Å². The van der Waals surface area contributed by atoms with E-state index < -0.39 is 6.03 Å². The summed E-state index contributed by atoms with van der Waals surface area (Å²) < 4.78 is 1.02. The van der Waals surface area contributed by atoms with E-state index in [-0.39, 0.29) is 0 Å². The molecule has 0 radical (unpaired) electrons. The first-order valence-corrected chi connectivity index (χ1v) is 5.06. The summed E-state index contributed by atoms with van der Waals surface area (Å²) in [4.78, 5) is 11.3. The molecule has 0 aliphatic heterocycles. The monoisotopic (exact) mass is 261 g/mol. The van der Waals surface area contributed by atoms with Gasteiger partial charge in [0.2, 0.25) is 0 Å². The summed E-state index contributed by atoms with van der Waals surface area (Å²) in [7, 11) is 0. The second-order valence-corrected chi connectivity index (χ2v) is 4.74. The lowest BCUT2D eigenvalue weighted by molar-refractivity contribution is 0.249. The van der Waals surface area contributed by atoms with Crippen LogP contribution in [0.25, 0.3) is 0 Å². The predicted octanol–water partition coefficient (Wildman–Crippen LogP) is 1.90. The van der Waals surface area contributed by atoms with Gasteiger partial charge in [-0.2, -0.15) is 5.10 Å². The van der Waals surface area contributed by atoms with Crippen LogP contribution in [0.2, 0.25) is 0 Å². The Morgan fingerprint density at radius 1 is 1.69 bits per heavy atom. The lowest BCUT2D eigenvalue weighted by Gasteiger charge is -1.95. The van der Waals surface area contributed by atoms with Crippen LogP contribution in [0.3, 0.4) is 0 Å². The Kier molecular flexibility index (Phi) is 3.44. The van der Waals surface area contributed by atoms with Crippen molar-refractivity contribution in [3.63, 3.8) is 0 Å². The molecule has 3 N–H and O–H groups in total. The van der Waals surface area contributed by atoms with Crippen molar-refractivity contribution in [2.75, 3.05) is 0 Å². The molecule has 4 nitrogen and oxygen atoms in total. The van der Waals surface area contributed by atoms with Crippen molar-refractivity contribution in [3.8, 4) is 0 Å². The highest BCUT2D eigenvalue weighted by atomic mass is 79.9. The first-order valence-electron chi connectivity index (χ1n) is 3.45. The van der Waals surface area contributed by atoms with Crippen LogP contribution in [0, 0.1) is 0 Å². The molecule has 1 rings (SSSR count). The van der Waals surface area contributed by atoms with Crippen molar-refractivity contribution in [2.24, 2.45) is 10.8 Å². The number of carbonyl (C=O) groups is 1. The van der Waals surface area contributed by atoms with E-state index in [2.05, 4.69) is 26.5 Å². The number of thiophene rings is 1. The lowest BCUT2D eigenvalue weighted by Crippen LogP contribution is -2.25. The smallest absolute Gasteiger partial charge is 0.332 e. The summed E-state index contributed by atoms with van der Waals surface area (Å²) in [5.74, 6) is 0. The molecule has 0 saturated heterocycles. The van der Waals surface area contributed by atoms with Crippen molar-refractivity contribution >= 4 is 39.0 Å². The van der Waals surface area contributed by atoms with E-state index in [4.69, 9.17) is 5.73 Å². The average Bonchev–Trinajstić information content (AvgIpc) is 2.47. The Morgan fingerprint density at radius 3 is 2.85 bits per heavy atom. The number of rotatable bonds is 2. The van der Waals surface area contributed by atoms with Crippen molar-refractivity contribution in [1.29, 1.82) is 0 Å². The van der Waals surface area contributed by atoms with Crippen molar-refractivity contribution in [2.45, 2.75) is 6.92 Å². The Balaban J connectivity index is 2.72. The SMILES string of the molecule is C/C(=N/NC(N)=O)c1ccc(Br)s1. The molecular weight excluding hydrogens is 254 g/mol. The molecule has 0 aliphatic carbocycles. The Bertz CT molecular complexity index is 347. The van der Waals surface area contributed by atoms with Crippen LogP contribution < -0.4 is 11.2 Å². The van der Waals surface area contributed by atoms with Gasteiger partial charge in [-0.1, -0.05) is 0 Å². The molecule has 13 heavy (non-hydrogen) atoms. The molecule has 0 aliphatic rings. The van der Waals surface area contributed by atoms with Gasteiger partial charge in [0, 0.05) is 0 Å². The summed E-state index contributed by atoms with van der Waals surface area (Å²) in [6, 6.07) is 3.18. The molecule has 0 bridgehead atoms. The predicted molar refractivity (Wildman–Crippen MR) is 56.9 cm³/mol. The van der Waals surface area contributed by atoms with Crippen molar-refractivity contribution in [1.82, 2.24) is 5.43 Å². The fraction of sp³-hybridized carbons (Fsp3) is 0.143. The second-order valence-electron chi connectivity index (χ2n) is 2.28. The summed E-state index contributed by atoms with van der Waals surface area (Å²) in [5, 5.41) is 3.79. The third-order valence-corrected chi connectivity index (χ3v) is 3.00. The number of amides is 2. The first-order chi connectivity index (χ1) is 6.09. The number of hydrogen-bond donors (Lipinski definition) is 2. The number of halogens is 1. The average molecular weight is 262 g/mol. The molecule has 0 aromatic carbocycles. The third-order valence-electron chi connectivity index (χ3n) is 1.26. The van der Waals surface area contributed by atoms with Gasteiger partial charge in [-0.3, -0.25) is 0 Å². The maximum absolute atomic E-state index is 10.3. The molecular formula is C7H8BrN3OS. The summed E-state index contributed by atoms with van der Waals surface area (Å²) in [6.07, 6.45) is 0. The van der Waals surface area contributed by atoms with Crippen LogP contribution in [0.15, 0.2) is 21.0 Å². The Hall–Kier alpha value is -0.880. The summed E-state index contributed by atoms with van der Waals surface area (Å²) in [5.41, 5.74) is 7.76. The number of nitrogens with zero attached hydrogens (tertiary/aromatic N) is 1. The van der Waals surface area contributed by atoms with Crippen LogP contribution in [0.1, 0.15) is 11.8 Å². The fourth-order valence-corrected chi connectivity index (χ4v) is 2.03. The van der Waals surface area contributed by atoms with E-state index in [0.717, 1.165) is 14.4 Å². The minimum absolute atomic E-state index is 0.657. The van der Waals surface area contributed by atoms with E-state index in [1.807, 2.05) is 12.1 Å². The maximum Gasteiger partial charge on any atom is 0.332 e. The van der Waals surface area contributed by atoms with Gasteiger partial charge in [-0.05, 0) is 35.0 Å². The molecule has 6 heteroatoms. The number of hydrazone groups is 1. The van der Waals surface area contributed by atoms with Gasteiger partial charge in [0.05, 0.1) is 14.4 Å². The van der Waals surface area contributed by atoms with Crippen LogP contribution in [0.4, 0.5) is 4.79 Å². The molecule has 1 heterocycles. The molecule has 0 fully saturated rings. The maximum atomic E-state index is 10.3. The first kappa shape index (κ1) is 10.2. The minimum Gasteiger partial charge on any atom is -0.350 e. The number of primary amides is 1. The number of hydrogen-bond acceptors (Lipinski definition) is 3. The van der Waals surface area contributed by atoms with E-state index in [0.29, 0.717) is 0 Å². The standard InChI is InChI=1S/C7H8BrN3OS/c1-4(10-11-7(9)12)5-2-3-6(8)13-5/h2-3H,1H3,(H3,9,11,12)/b10-4-. The van der Waals surface area contributed by atoms with Gasteiger partial charge in [-0.15, -0.1) is 11.3 Å². The number of urea groups is 1. The highest BCUT2D eigenvalue weighted by Crippen LogP contribution is 2.22. The molecule has 0 unspecified atom stereocenters. The van der Waals surface area contributed by atoms with Crippen LogP contribution in [-0.2, 0) is 0 Å². The minimum atomic E-state index is -0.657. The van der Waals surface area contributed by atoms with Gasteiger partial charge < -0.3 is 5.73 Å². The van der Waals surface area contributed by atoms with E-state index in [9.17, 15) is 4.79 Å². The normalized spacial score (nSPS) is 11.4. The van der Waals surface area contributed by atoms with Gasteiger partial charge in [0.25, 0.3) is 0 Å². The van der Waals surface area contributed by atoms with Gasteiger partial charge in [0.15, 0.2) is 0 Å². The molecule has 1 aromatic rings. The zero-order valence-corrected chi connectivity index (χ0v) is 9.28. The number of nitrogens with two attached hydrogens (primary N) is 1. The van der Waals surface area contributed by atoms with Gasteiger partial charge in [-0.25, -0.2) is 10.2 Å². The highest BCUT2D eigenvalue weighted by Gasteiger charge is 2.01. The third kappa shape index (κ3) is 3.16. The molecule has 0 atom stereocenters. The zero-order chi connectivity index (χ0) is 9.84. The number of carbonyl (C=O) groups excluding carboxylic acids is 1. The molecule has 70 valence electrons. The van der Waals surface area contributed by atoms with Crippen molar-refractivity contribution in [3.05, 3.63) is 20.8 Å². The molecule has 2 amide bonds. The topological polar surface area (TPSA) is 67.5 Å². The zero-order valence-electron chi connectivity index (χ0n) is 6.87. The van der Waals surface area contributed by atoms with E-state index >= 15 is 0 Å². The molecule has 1 aromatic heterocycles. The van der Waals surface area contributed by atoms with E-state index in [1.165, 1.54) is 0 Å².